The van der Waals surface area contributed by atoms with Gasteiger partial charge < -0.3 is 10.2 Å². The first-order valence-electron chi connectivity index (χ1n) is 6.83. The molecule has 2 rings (SSSR count). The molecule has 0 spiro atoms. The van der Waals surface area contributed by atoms with E-state index in [-0.39, 0.29) is 11.6 Å². The van der Waals surface area contributed by atoms with E-state index in [2.05, 4.69) is 5.32 Å². The van der Waals surface area contributed by atoms with Gasteiger partial charge in [-0.25, -0.2) is 0 Å². The number of amides is 1. The van der Waals surface area contributed by atoms with Crippen molar-refractivity contribution in [2.75, 3.05) is 24.3 Å². The van der Waals surface area contributed by atoms with Gasteiger partial charge in [-0.1, -0.05) is 17.7 Å². The van der Waals surface area contributed by atoms with E-state index in [1.165, 1.54) is 18.2 Å². The van der Waals surface area contributed by atoms with E-state index < -0.39 is 4.92 Å². The Balaban J connectivity index is 2.34. The van der Waals surface area contributed by atoms with Gasteiger partial charge in [0.25, 0.3) is 11.6 Å². The van der Waals surface area contributed by atoms with Crippen LogP contribution in [-0.2, 0) is 0 Å². The average Bonchev–Trinajstić information content (AvgIpc) is 2.46. The van der Waals surface area contributed by atoms with Gasteiger partial charge in [0.05, 0.1) is 21.3 Å². The highest BCUT2D eigenvalue weighted by Gasteiger charge is 2.16. The van der Waals surface area contributed by atoms with Gasteiger partial charge in [-0.15, -0.1) is 0 Å². The number of aryl methyl sites for hydroxylation is 1. The molecular weight excluding hydrogens is 318 g/mol. The highest BCUT2D eigenvalue weighted by atomic mass is 35.5. The summed E-state index contributed by atoms with van der Waals surface area (Å²) in [7, 11) is 3.65. The molecule has 2 aromatic carbocycles. The molecule has 0 aromatic heterocycles. The van der Waals surface area contributed by atoms with Crippen LogP contribution in [0.4, 0.5) is 17.1 Å². The number of carbonyl (C=O) groups is 1. The van der Waals surface area contributed by atoms with Crippen molar-refractivity contribution in [1.82, 2.24) is 0 Å². The van der Waals surface area contributed by atoms with Crippen LogP contribution in [0.25, 0.3) is 0 Å². The van der Waals surface area contributed by atoms with Crippen molar-refractivity contribution in [3.8, 4) is 0 Å². The smallest absolute Gasteiger partial charge is 0.269 e. The molecule has 0 atom stereocenters. The Kier molecular flexibility index (Phi) is 4.86. The number of nitro groups is 1. The van der Waals surface area contributed by atoms with E-state index in [1.807, 2.05) is 14.1 Å². The number of hydrogen-bond acceptors (Lipinski definition) is 4. The predicted octanol–water partition coefficient (Wildman–Crippen LogP) is 3.87. The summed E-state index contributed by atoms with van der Waals surface area (Å²) in [5.74, 6) is -0.345. The second kappa shape index (κ2) is 6.66. The van der Waals surface area contributed by atoms with Crippen LogP contribution < -0.4 is 10.2 Å². The van der Waals surface area contributed by atoms with Gasteiger partial charge in [0.2, 0.25) is 0 Å². The molecule has 23 heavy (non-hydrogen) atoms. The number of nitro benzene ring substituents is 1. The first-order valence-corrected chi connectivity index (χ1v) is 7.21. The minimum atomic E-state index is -0.490. The van der Waals surface area contributed by atoms with Gasteiger partial charge in [-0.3, -0.25) is 14.9 Å². The molecule has 0 saturated carbocycles. The summed E-state index contributed by atoms with van der Waals surface area (Å²) in [5, 5.41) is 14.1. The summed E-state index contributed by atoms with van der Waals surface area (Å²) in [5.41, 5.74) is 2.13. The number of non-ortho nitro benzene ring substituents is 1. The van der Waals surface area contributed by atoms with E-state index in [0.717, 1.165) is 0 Å². The van der Waals surface area contributed by atoms with E-state index in [9.17, 15) is 14.9 Å². The second-order valence-electron chi connectivity index (χ2n) is 5.24. The van der Waals surface area contributed by atoms with Gasteiger partial charge in [0, 0.05) is 31.8 Å². The number of para-hydroxylation sites is 1. The number of halogens is 1. The van der Waals surface area contributed by atoms with Crippen molar-refractivity contribution in [2.45, 2.75) is 6.92 Å². The highest BCUT2D eigenvalue weighted by molar-refractivity contribution is 6.34. The number of anilines is 2. The molecule has 0 saturated heterocycles. The van der Waals surface area contributed by atoms with Crippen molar-refractivity contribution in [2.24, 2.45) is 0 Å². The third-order valence-corrected chi connectivity index (χ3v) is 3.65. The first kappa shape index (κ1) is 16.8. The molecule has 0 aliphatic heterocycles. The van der Waals surface area contributed by atoms with Crippen LogP contribution in [0, 0.1) is 17.0 Å². The van der Waals surface area contributed by atoms with Crippen LogP contribution in [0.3, 0.4) is 0 Å². The summed E-state index contributed by atoms with van der Waals surface area (Å²) in [4.78, 5) is 24.5. The van der Waals surface area contributed by atoms with Crippen molar-refractivity contribution in [1.29, 1.82) is 0 Å². The van der Waals surface area contributed by atoms with Crippen LogP contribution >= 0.6 is 11.6 Å². The Morgan fingerprint density at radius 3 is 2.52 bits per heavy atom. The van der Waals surface area contributed by atoms with Crippen LogP contribution in [0.1, 0.15) is 15.9 Å². The van der Waals surface area contributed by atoms with Crippen molar-refractivity contribution >= 4 is 34.6 Å². The lowest BCUT2D eigenvalue weighted by Gasteiger charge is -2.19. The summed E-state index contributed by atoms with van der Waals surface area (Å²) in [6, 6.07) is 9.37. The fourth-order valence-corrected chi connectivity index (χ4v) is 2.62. The van der Waals surface area contributed by atoms with Crippen molar-refractivity contribution in [3.05, 3.63) is 62.7 Å². The van der Waals surface area contributed by atoms with Gasteiger partial charge in [0.1, 0.15) is 0 Å². The minimum absolute atomic E-state index is 0.0456. The zero-order chi connectivity index (χ0) is 17.1. The zero-order valence-electron chi connectivity index (χ0n) is 13.0. The van der Waals surface area contributed by atoms with Gasteiger partial charge in [0.15, 0.2) is 0 Å². The lowest BCUT2D eigenvalue weighted by atomic mass is 10.1. The fraction of sp³-hybridized carbons (Fsp3) is 0.188. The minimum Gasteiger partial charge on any atom is -0.375 e. The molecule has 0 aliphatic rings. The molecule has 7 heteroatoms. The maximum atomic E-state index is 12.5. The third-order valence-electron chi connectivity index (χ3n) is 3.35. The van der Waals surface area contributed by atoms with Crippen LogP contribution in [-0.4, -0.2) is 24.9 Å². The summed E-state index contributed by atoms with van der Waals surface area (Å²) >= 11 is 6.17. The highest BCUT2D eigenvalue weighted by Crippen LogP contribution is 2.33. The maximum absolute atomic E-state index is 12.5. The Morgan fingerprint density at radius 2 is 1.96 bits per heavy atom. The number of carbonyl (C=O) groups excluding carboxylic acids is 1. The monoisotopic (exact) mass is 333 g/mol. The van der Waals surface area contributed by atoms with Gasteiger partial charge >= 0.3 is 0 Å². The molecule has 0 unspecified atom stereocenters. The predicted molar refractivity (Wildman–Crippen MR) is 91.6 cm³/mol. The summed E-state index contributed by atoms with van der Waals surface area (Å²) < 4.78 is 0. The van der Waals surface area contributed by atoms with Crippen LogP contribution in [0.15, 0.2) is 36.4 Å². The molecule has 0 bridgehead atoms. The summed E-state index contributed by atoms with van der Waals surface area (Å²) in [6.45, 7) is 1.66. The largest absolute Gasteiger partial charge is 0.375 e. The average molecular weight is 334 g/mol. The maximum Gasteiger partial charge on any atom is 0.269 e. The molecule has 0 fully saturated rings. The van der Waals surface area contributed by atoms with Crippen LogP contribution in [0.5, 0.6) is 0 Å². The molecule has 1 amide bonds. The van der Waals surface area contributed by atoms with E-state index in [0.29, 0.717) is 27.5 Å². The molecule has 0 heterocycles. The van der Waals surface area contributed by atoms with Crippen LogP contribution in [0.2, 0.25) is 5.02 Å². The molecule has 1 N–H and O–H groups in total. The van der Waals surface area contributed by atoms with E-state index in [1.54, 1.807) is 30.0 Å². The van der Waals surface area contributed by atoms with E-state index >= 15 is 0 Å². The number of rotatable bonds is 4. The quantitative estimate of drug-likeness (QED) is 0.680. The number of nitrogens with zero attached hydrogens (tertiary/aromatic N) is 2. The normalized spacial score (nSPS) is 10.3. The topological polar surface area (TPSA) is 75.5 Å². The molecule has 120 valence electrons. The fourth-order valence-electron chi connectivity index (χ4n) is 2.28. The molecule has 6 nitrogen and oxygen atoms in total. The Morgan fingerprint density at radius 1 is 1.26 bits per heavy atom. The SMILES string of the molecule is Cc1cc([N+](=O)[O-])ccc1C(=O)Nc1cccc(Cl)c1N(C)C. The van der Waals surface area contributed by atoms with Crippen molar-refractivity contribution in [3.63, 3.8) is 0 Å². The standard InChI is InChI=1S/C16H16ClN3O3/c1-10-9-11(20(22)23)7-8-12(10)16(21)18-14-6-4-5-13(17)15(14)19(2)3/h4-9H,1-3H3,(H,18,21). The second-order valence-corrected chi connectivity index (χ2v) is 5.65. The number of benzene rings is 2. The molecule has 2 aromatic rings. The number of hydrogen-bond donors (Lipinski definition) is 1. The first-order chi connectivity index (χ1) is 10.8. The Labute approximate surface area is 138 Å². The van der Waals surface area contributed by atoms with Gasteiger partial charge in [-0.2, -0.15) is 0 Å². The van der Waals surface area contributed by atoms with Gasteiger partial charge in [-0.05, 0) is 30.7 Å². The summed E-state index contributed by atoms with van der Waals surface area (Å²) in [6.07, 6.45) is 0. The number of nitrogens with one attached hydrogen (secondary N) is 1. The molecule has 0 aliphatic carbocycles. The van der Waals surface area contributed by atoms with E-state index in [4.69, 9.17) is 11.6 Å². The zero-order valence-corrected chi connectivity index (χ0v) is 13.7. The lowest BCUT2D eigenvalue weighted by Crippen LogP contribution is -2.17. The molecule has 0 radical (unpaired) electrons. The Bertz CT molecular complexity index is 775. The Hall–Kier alpha value is -2.60. The molecular formula is C16H16ClN3O3. The third kappa shape index (κ3) is 3.60. The lowest BCUT2D eigenvalue weighted by molar-refractivity contribution is -0.384. The van der Waals surface area contributed by atoms with Crippen molar-refractivity contribution < 1.29 is 9.72 Å².